The van der Waals surface area contributed by atoms with Crippen LogP contribution in [0.2, 0.25) is 0 Å². The fourth-order valence-corrected chi connectivity index (χ4v) is 2.24. The molecule has 0 bridgehead atoms. The molecular weight excluding hydrogens is 298 g/mol. The minimum Gasteiger partial charge on any atom is -0.466 e. The van der Waals surface area contributed by atoms with Gasteiger partial charge in [-0.1, -0.05) is 18.2 Å². The predicted molar refractivity (Wildman–Crippen MR) is 83.1 cm³/mol. The van der Waals surface area contributed by atoms with Gasteiger partial charge in [0, 0.05) is 5.39 Å². The second-order valence-electron chi connectivity index (χ2n) is 5.42. The molecule has 0 saturated carbocycles. The summed E-state index contributed by atoms with van der Waals surface area (Å²) < 4.78 is 10.3. The Morgan fingerprint density at radius 3 is 2.78 bits per heavy atom. The third-order valence-corrected chi connectivity index (χ3v) is 3.53. The third kappa shape index (κ3) is 3.02. The maximum atomic E-state index is 12.2. The maximum absolute atomic E-state index is 12.2. The molecule has 6 nitrogen and oxygen atoms in total. The van der Waals surface area contributed by atoms with E-state index in [0.29, 0.717) is 16.7 Å². The molecule has 1 aromatic carbocycles. The molecule has 0 saturated heterocycles. The Morgan fingerprint density at radius 2 is 2.04 bits per heavy atom. The molecule has 0 fully saturated rings. The van der Waals surface area contributed by atoms with Crippen molar-refractivity contribution in [2.75, 3.05) is 6.54 Å². The summed E-state index contributed by atoms with van der Waals surface area (Å²) in [4.78, 5) is 24.1. The van der Waals surface area contributed by atoms with Gasteiger partial charge in [0.25, 0.3) is 5.91 Å². The van der Waals surface area contributed by atoms with Crippen molar-refractivity contribution in [2.45, 2.75) is 12.5 Å². The van der Waals surface area contributed by atoms with Crippen LogP contribution in [0.1, 0.15) is 23.0 Å². The lowest BCUT2D eigenvalue weighted by molar-refractivity contribution is 0.0329. The molecule has 1 atom stereocenters. The van der Waals surface area contributed by atoms with Crippen LogP contribution in [0.25, 0.3) is 11.0 Å². The topological polar surface area (TPSA) is 92.7 Å². The van der Waals surface area contributed by atoms with Crippen molar-refractivity contribution < 1.29 is 18.7 Å². The van der Waals surface area contributed by atoms with Crippen molar-refractivity contribution in [3.63, 3.8) is 0 Å². The van der Waals surface area contributed by atoms with E-state index in [2.05, 4.69) is 5.32 Å². The van der Waals surface area contributed by atoms with Gasteiger partial charge in [0.05, 0.1) is 12.8 Å². The number of amides is 1. The summed E-state index contributed by atoms with van der Waals surface area (Å²) in [7, 11) is 0. The van der Waals surface area contributed by atoms with Gasteiger partial charge in [-0.05, 0) is 31.2 Å². The highest BCUT2D eigenvalue weighted by Crippen LogP contribution is 2.20. The van der Waals surface area contributed by atoms with Crippen LogP contribution in [0, 0.1) is 0 Å². The Morgan fingerprint density at radius 1 is 1.26 bits per heavy atom. The van der Waals surface area contributed by atoms with E-state index in [1.165, 1.54) is 19.3 Å². The number of carbonyl (C=O) groups is 1. The average Bonchev–Trinajstić information content (AvgIpc) is 3.07. The minimum absolute atomic E-state index is 0.106. The maximum Gasteiger partial charge on any atom is 0.349 e. The minimum atomic E-state index is -1.38. The second-order valence-corrected chi connectivity index (χ2v) is 5.42. The van der Waals surface area contributed by atoms with Crippen molar-refractivity contribution in [3.05, 3.63) is 70.5 Å². The van der Waals surface area contributed by atoms with Crippen LogP contribution < -0.4 is 10.9 Å². The molecule has 0 aliphatic heterocycles. The summed E-state index contributed by atoms with van der Waals surface area (Å²) in [6.45, 7) is 1.40. The van der Waals surface area contributed by atoms with Crippen molar-refractivity contribution in [1.82, 2.24) is 5.32 Å². The van der Waals surface area contributed by atoms with Gasteiger partial charge in [0.15, 0.2) is 0 Å². The standard InChI is InChI=1S/C17H15NO5/c1-17(21,14-7-4-8-22-14)10-18-15(19)12-9-11-5-2-3-6-13(11)23-16(12)20/h2-9,21H,10H2,1H3,(H,18,19)/t17-/m0/s1. The summed E-state index contributed by atoms with van der Waals surface area (Å²) in [5.41, 5.74) is -1.80. The van der Waals surface area contributed by atoms with Gasteiger partial charge < -0.3 is 19.3 Å². The fraction of sp³-hybridized carbons (Fsp3) is 0.176. The van der Waals surface area contributed by atoms with Crippen molar-refractivity contribution >= 4 is 16.9 Å². The molecule has 2 aromatic heterocycles. The zero-order chi connectivity index (χ0) is 16.4. The van der Waals surface area contributed by atoms with Gasteiger partial charge in [-0.2, -0.15) is 0 Å². The molecule has 2 heterocycles. The third-order valence-electron chi connectivity index (χ3n) is 3.53. The molecule has 2 N–H and O–H groups in total. The highest BCUT2D eigenvalue weighted by atomic mass is 16.4. The van der Waals surface area contributed by atoms with Gasteiger partial charge in [-0.25, -0.2) is 4.79 Å². The fourth-order valence-electron chi connectivity index (χ4n) is 2.24. The quantitative estimate of drug-likeness (QED) is 0.719. The van der Waals surface area contributed by atoms with Crippen LogP contribution in [-0.4, -0.2) is 17.6 Å². The van der Waals surface area contributed by atoms with E-state index in [1.54, 1.807) is 36.4 Å². The lowest BCUT2D eigenvalue weighted by atomic mass is 10.0. The first kappa shape index (κ1) is 15.1. The zero-order valence-electron chi connectivity index (χ0n) is 12.4. The lowest BCUT2D eigenvalue weighted by Gasteiger charge is -2.20. The first-order chi connectivity index (χ1) is 11.0. The van der Waals surface area contributed by atoms with Crippen LogP contribution in [-0.2, 0) is 5.60 Å². The highest BCUT2D eigenvalue weighted by Gasteiger charge is 2.27. The Bertz CT molecular complexity index is 893. The van der Waals surface area contributed by atoms with E-state index in [9.17, 15) is 14.7 Å². The highest BCUT2D eigenvalue weighted by molar-refractivity contribution is 5.96. The Balaban J connectivity index is 1.81. The molecule has 0 spiro atoms. The SMILES string of the molecule is C[C@](O)(CNC(=O)c1cc2ccccc2oc1=O)c1ccco1. The Hall–Kier alpha value is -2.86. The smallest absolute Gasteiger partial charge is 0.349 e. The van der Waals surface area contributed by atoms with Gasteiger partial charge in [-0.15, -0.1) is 0 Å². The summed E-state index contributed by atoms with van der Waals surface area (Å²) in [5, 5.41) is 13.5. The number of hydrogen-bond acceptors (Lipinski definition) is 5. The summed E-state index contributed by atoms with van der Waals surface area (Å²) in [6, 6.07) is 11.6. The van der Waals surface area contributed by atoms with Crippen LogP contribution in [0.5, 0.6) is 0 Å². The number of furan rings is 1. The molecule has 3 rings (SSSR count). The van der Waals surface area contributed by atoms with E-state index < -0.39 is 17.1 Å². The van der Waals surface area contributed by atoms with E-state index in [4.69, 9.17) is 8.83 Å². The summed E-state index contributed by atoms with van der Waals surface area (Å²) in [5.74, 6) is -0.292. The number of rotatable bonds is 4. The lowest BCUT2D eigenvalue weighted by Crippen LogP contribution is -2.39. The molecule has 3 aromatic rings. The number of para-hydroxylation sites is 1. The largest absolute Gasteiger partial charge is 0.466 e. The number of nitrogens with one attached hydrogen (secondary N) is 1. The number of aliphatic hydroxyl groups is 1. The molecule has 118 valence electrons. The van der Waals surface area contributed by atoms with E-state index in [0.717, 1.165) is 0 Å². The van der Waals surface area contributed by atoms with Crippen molar-refractivity contribution in [3.8, 4) is 0 Å². The summed E-state index contributed by atoms with van der Waals surface area (Å²) in [6.07, 6.45) is 1.43. The Labute approximate surface area is 131 Å². The molecular formula is C17H15NO5. The normalized spacial score (nSPS) is 13.7. The number of fused-ring (bicyclic) bond motifs is 1. The van der Waals surface area contributed by atoms with Crippen molar-refractivity contribution in [1.29, 1.82) is 0 Å². The van der Waals surface area contributed by atoms with Gasteiger partial charge in [0.1, 0.15) is 22.5 Å². The van der Waals surface area contributed by atoms with E-state index >= 15 is 0 Å². The molecule has 0 aliphatic carbocycles. The van der Waals surface area contributed by atoms with Crippen LogP contribution in [0.15, 0.2) is 62.4 Å². The number of hydrogen-bond donors (Lipinski definition) is 2. The molecule has 0 aliphatic rings. The molecule has 6 heteroatoms. The van der Waals surface area contributed by atoms with E-state index in [1.807, 2.05) is 0 Å². The predicted octanol–water partition coefficient (Wildman–Crippen LogP) is 2.02. The number of carbonyl (C=O) groups excluding carboxylic acids is 1. The van der Waals surface area contributed by atoms with Crippen LogP contribution >= 0.6 is 0 Å². The molecule has 0 radical (unpaired) electrons. The van der Waals surface area contributed by atoms with Gasteiger partial charge in [-0.3, -0.25) is 4.79 Å². The Kier molecular flexibility index (Phi) is 3.75. The van der Waals surface area contributed by atoms with Crippen LogP contribution in [0.4, 0.5) is 0 Å². The summed E-state index contributed by atoms with van der Waals surface area (Å²) >= 11 is 0. The monoisotopic (exact) mass is 313 g/mol. The van der Waals surface area contributed by atoms with Gasteiger partial charge in [0.2, 0.25) is 0 Å². The first-order valence-electron chi connectivity index (χ1n) is 7.05. The molecule has 0 unspecified atom stereocenters. The first-order valence-corrected chi connectivity index (χ1v) is 7.05. The van der Waals surface area contributed by atoms with Crippen LogP contribution in [0.3, 0.4) is 0 Å². The zero-order valence-corrected chi connectivity index (χ0v) is 12.4. The molecule has 1 amide bonds. The molecule has 23 heavy (non-hydrogen) atoms. The number of benzene rings is 1. The van der Waals surface area contributed by atoms with Gasteiger partial charge >= 0.3 is 5.63 Å². The second kappa shape index (κ2) is 5.73. The van der Waals surface area contributed by atoms with E-state index in [-0.39, 0.29) is 12.1 Å². The van der Waals surface area contributed by atoms with Crippen molar-refractivity contribution in [2.24, 2.45) is 0 Å². The average molecular weight is 313 g/mol.